The fourth-order valence-corrected chi connectivity index (χ4v) is 3.83. The third kappa shape index (κ3) is 3.85. The summed E-state index contributed by atoms with van der Waals surface area (Å²) in [7, 11) is 0. The van der Waals surface area contributed by atoms with E-state index in [-0.39, 0.29) is 0 Å². The normalized spacial score (nSPS) is 18.1. The SMILES string of the molecule is CCCNC(CC1CCCC1)c1c(Br)cnn1C(C)C. The monoisotopic (exact) mass is 341 g/mol. The smallest absolute Gasteiger partial charge is 0.0698 e. The maximum Gasteiger partial charge on any atom is 0.0698 e. The Kier molecular flexibility index (Phi) is 6.09. The van der Waals surface area contributed by atoms with E-state index in [2.05, 4.69) is 51.8 Å². The van der Waals surface area contributed by atoms with Crippen molar-refractivity contribution < 1.29 is 0 Å². The highest BCUT2D eigenvalue weighted by atomic mass is 79.9. The van der Waals surface area contributed by atoms with Crippen LogP contribution in [0, 0.1) is 5.92 Å². The van der Waals surface area contributed by atoms with E-state index >= 15 is 0 Å². The van der Waals surface area contributed by atoms with E-state index in [1.54, 1.807) is 0 Å². The molecule has 0 saturated heterocycles. The van der Waals surface area contributed by atoms with Gasteiger partial charge in [0.15, 0.2) is 0 Å². The standard InChI is InChI=1S/C16H28BrN3/c1-4-9-18-15(10-13-7-5-6-8-13)16-14(17)11-19-20(16)12(2)3/h11-13,15,18H,4-10H2,1-3H3. The van der Waals surface area contributed by atoms with Crippen LogP contribution < -0.4 is 5.32 Å². The molecule has 1 heterocycles. The second-order valence-corrected chi connectivity index (χ2v) is 7.16. The van der Waals surface area contributed by atoms with E-state index in [1.807, 2.05) is 6.20 Å². The molecule has 1 aromatic heterocycles. The summed E-state index contributed by atoms with van der Waals surface area (Å²) >= 11 is 3.70. The molecule has 0 radical (unpaired) electrons. The average Bonchev–Trinajstić information content (AvgIpc) is 3.04. The number of nitrogens with one attached hydrogen (secondary N) is 1. The summed E-state index contributed by atoms with van der Waals surface area (Å²) in [6.45, 7) is 7.71. The highest BCUT2D eigenvalue weighted by Gasteiger charge is 2.25. The third-order valence-corrected chi connectivity index (χ3v) is 4.90. The molecule has 1 atom stereocenters. The van der Waals surface area contributed by atoms with Gasteiger partial charge >= 0.3 is 0 Å². The summed E-state index contributed by atoms with van der Waals surface area (Å²) in [5.74, 6) is 0.881. The van der Waals surface area contributed by atoms with Crippen LogP contribution in [-0.4, -0.2) is 16.3 Å². The van der Waals surface area contributed by atoms with Gasteiger partial charge in [0.1, 0.15) is 0 Å². The molecule has 1 aliphatic rings. The second kappa shape index (κ2) is 7.60. The highest BCUT2D eigenvalue weighted by Crippen LogP contribution is 2.35. The van der Waals surface area contributed by atoms with Crippen molar-refractivity contribution >= 4 is 15.9 Å². The van der Waals surface area contributed by atoms with Gasteiger partial charge in [0, 0.05) is 6.04 Å². The Morgan fingerprint density at radius 1 is 1.40 bits per heavy atom. The first-order chi connectivity index (χ1) is 9.63. The lowest BCUT2D eigenvalue weighted by Gasteiger charge is -2.25. The van der Waals surface area contributed by atoms with Gasteiger partial charge in [0.05, 0.1) is 22.4 Å². The Balaban J connectivity index is 2.18. The molecule has 3 nitrogen and oxygen atoms in total. The molecule has 1 N–H and O–H groups in total. The van der Waals surface area contributed by atoms with Crippen molar-refractivity contribution in [2.75, 3.05) is 6.54 Å². The van der Waals surface area contributed by atoms with Gasteiger partial charge in [0.2, 0.25) is 0 Å². The molecule has 2 rings (SSSR count). The van der Waals surface area contributed by atoms with Crippen LogP contribution in [0.4, 0.5) is 0 Å². The minimum atomic E-state index is 0.408. The Labute approximate surface area is 131 Å². The quantitative estimate of drug-likeness (QED) is 0.768. The minimum Gasteiger partial charge on any atom is -0.309 e. The summed E-state index contributed by atoms with van der Waals surface area (Å²) in [5.41, 5.74) is 1.33. The van der Waals surface area contributed by atoms with E-state index in [9.17, 15) is 0 Å². The van der Waals surface area contributed by atoms with Crippen LogP contribution >= 0.6 is 15.9 Å². The zero-order chi connectivity index (χ0) is 14.5. The molecule has 0 bridgehead atoms. The molecule has 1 aliphatic carbocycles. The van der Waals surface area contributed by atoms with Gasteiger partial charge in [0.25, 0.3) is 0 Å². The Morgan fingerprint density at radius 2 is 2.10 bits per heavy atom. The van der Waals surface area contributed by atoms with Crippen LogP contribution in [-0.2, 0) is 0 Å². The Hall–Kier alpha value is -0.350. The van der Waals surface area contributed by atoms with Crippen molar-refractivity contribution in [3.8, 4) is 0 Å². The lowest BCUT2D eigenvalue weighted by molar-refractivity contribution is 0.365. The fourth-order valence-electron chi connectivity index (χ4n) is 3.28. The van der Waals surface area contributed by atoms with E-state index < -0.39 is 0 Å². The summed E-state index contributed by atoms with van der Waals surface area (Å²) in [4.78, 5) is 0. The number of hydrogen-bond acceptors (Lipinski definition) is 2. The van der Waals surface area contributed by atoms with E-state index in [0.717, 1.165) is 16.9 Å². The van der Waals surface area contributed by atoms with Gasteiger partial charge in [-0.1, -0.05) is 32.6 Å². The molecular formula is C16H28BrN3. The minimum absolute atomic E-state index is 0.408. The first-order valence-electron chi connectivity index (χ1n) is 8.09. The predicted octanol–water partition coefficient (Wildman–Crippen LogP) is 4.85. The van der Waals surface area contributed by atoms with Gasteiger partial charge < -0.3 is 5.32 Å². The molecule has 0 amide bonds. The van der Waals surface area contributed by atoms with Crippen molar-refractivity contribution in [1.29, 1.82) is 0 Å². The fraction of sp³-hybridized carbons (Fsp3) is 0.812. The maximum atomic E-state index is 4.55. The molecule has 20 heavy (non-hydrogen) atoms. The first kappa shape index (κ1) is 16.0. The van der Waals surface area contributed by atoms with Crippen LogP contribution in [0.15, 0.2) is 10.7 Å². The van der Waals surface area contributed by atoms with Gasteiger partial charge in [-0.25, -0.2) is 0 Å². The number of halogens is 1. The number of nitrogens with zero attached hydrogens (tertiary/aromatic N) is 2. The van der Waals surface area contributed by atoms with Crippen molar-refractivity contribution in [1.82, 2.24) is 15.1 Å². The van der Waals surface area contributed by atoms with Crippen LogP contribution in [0.5, 0.6) is 0 Å². The van der Waals surface area contributed by atoms with Gasteiger partial charge in [-0.3, -0.25) is 4.68 Å². The summed E-state index contributed by atoms with van der Waals surface area (Å²) < 4.78 is 3.32. The van der Waals surface area contributed by atoms with Crippen molar-refractivity contribution in [2.24, 2.45) is 5.92 Å². The van der Waals surface area contributed by atoms with E-state index in [4.69, 9.17) is 0 Å². The zero-order valence-electron chi connectivity index (χ0n) is 13.0. The van der Waals surface area contributed by atoms with E-state index in [1.165, 1.54) is 44.2 Å². The van der Waals surface area contributed by atoms with Crippen molar-refractivity contribution in [3.05, 3.63) is 16.4 Å². The molecule has 4 heteroatoms. The molecule has 1 fully saturated rings. The maximum absolute atomic E-state index is 4.55. The first-order valence-corrected chi connectivity index (χ1v) is 8.89. The van der Waals surface area contributed by atoms with E-state index in [0.29, 0.717) is 12.1 Å². The van der Waals surface area contributed by atoms with Crippen molar-refractivity contribution in [3.63, 3.8) is 0 Å². The summed E-state index contributed by atoms with van der Waals surface area (Å²) in [5, 5.41) is 8.29. The average molecular weight is 342 g/mol. The van der Waals surface area contributed by atoms with Crippen LogP contribution in [0.2, 0.25) is 0 Å². The highest BCUT2D eigenvalue weighted by molar-refractivity contribution is 9.10. The van der Waals surface area contributed by atoms with Crippen LogP contribution in [0.1, 0.15) is 77.1 Å². The molecule has 1 unspecified atom stereocenters. The van der Waals surface area contributed by atoms with Gasteiger partial charge in [-0.05, 0) is 55.1 Å². The molecule has 1 saturated carbocycles. The molecule has 114 valence electrons. The molecule has 0 spiro atoms. The predicted molar refractivity (Wildman–Crippen MR) is 87.9 cm³/mol. The van der Waals surface area contributed by atoms with Gasteiger partial charge in [-0.15, -0.1) is 0 Å². The molecule has 1 aromatic rings. The Bertz CT molecular complexity index is 408. The van der Waals surface area contributed by atoms with Crippen molar-refractivity contribution in [2.45, 2.75) is 71.4 Å². The summed E-state index contributed by atoms with van der Waals surface area (Å²) in [6.07, 6.45) is 10.00. The number of hydrogen-bond donors (Lipinski definition) is 1. The molecular weight excluding hydrogens is 314 g/mol. The zero-order valence-corrected chi connectivity index (χ0v) is 14.6. The number of rotatable bonds is 7. The summed E-state index contributed by atoms with van der Waals surface area (Å²) in [6, 6.07) is 0.836. The van der Waals surface area contributed by atoms with Crippen LogP contribution in [0.25, 0.3) is 0 Å². The van der Waals surface area contributed by atoms with Gasteiger partial charge in [-0.2, -0.15) is 5.10 Å². The largest absolute Gasteiger partial charge is 0.309 e. The molecule has 0 aromatic carbocycles. The lowest BCUT2D eigenvalue weighted by atomic mass is 9.96. The third-order valence-electron chi connectivity index (χ3n) is 4.29. The van der Waals surface area contributed by atoms with Crippen LogP contribution in [0.3, 0.4) is 0 Å². The second-order valence-electron chi connectivity index (χ2n) is 6.31. The molecule has 0 aliphatic heterocycles. The lowest BCUT2D eigenvalue weighted by Crippen LogP contribution is -2.27. The Morgan fingerprint density at radius 3 is 2.70 bits per heavy atom. The topological polar surface area (TPSA) is 29.9 Å². The number of aromatic nitrogens is 2.